The minimum atomic E-state index is 0.449. The highest BCUT2D eigenvalue weighted by Gasteiger charge is 2.28. The second-order valence-electron chi connectivity index (χ2n) is 6.05. The van der Waals surface area contributed by atoms with Crippen LogP contribution >= 0.6 is 35.4 Å². The van der Waals surface area contributed by atoms with Crippen molar-refractivity contribution in [3.63, 3.8) is 0 Å². The molecule has 3 atom stereocenters. The normalized spacial score (nSPS) is 27.1. The standard InChI is InChI=1S/C15H18Cl2N2S/c1-8-3-4-13(9(2)5-8)19-14-7-11(17)10(16)6-12(14)18-15(19)20/h6-9,13H,3-5H2,1-2H3,(H,18,20). The van der Waals surface area contributed by atoms with E-state index in [0.717, 1.165) is 21.7 Å². The molecule has 1 aromatic carbocycles. The lowest BCUT2D eigenvalue weighted by Gasteiger charge is -2.33. The van der Waals surface area contributed by atoms with Crippen LogP contribution in [0.2, 0.25) is 10.0 Å². The third-order valence-electron chi connectivity index (χ3n) is 4.48. The van der Waals surface area contributed by atoms with E-state index in [4.69, 9.17) is 35.4 Å². The second-order valence-corrected chi connectivity index (χ2v) is 7.25. The molecular weight excluding hydrogens is 311 g/mol. The summed E-state index contributed by atoms with van der Waals surface area (Å²) < 4.78 is 3.01. The van der Waals surface area contributed by atoms with Gasteiger partial charge in [-0.1, -0.05) is 37.0 Å². The summed E-state index contributed by atoms with van der Waals surface area (Å²) in [5, 5.41) is 1.15. The highest BCUT2D eigenvalue weighted by molar-refractivity contribution is 7.71. The number of H-pyrrole nitrogens is 1. The van der Waals surface area contributed by atoms with E-state index in [1.165, 1.54) is 19.3 Å². The van der Waals surface area contributed by atoms with Gasteiger partial charge in [0.05, 0.1) is 21.1 Å². The molecule has 1 fully saturated rings. The summed E-state index contributed by atoms with van der Waals surface area (Å²) >= 11 is 17.8. The van der Waals surface area contributed by atoms with Gasteiger partial charge in [0.15, 0.2) is 4.77 Å². The van der Waals surface area contributed by atoms with Crippen molar-refractivity contribution in [2.75, 3.05) is 0 Å². The van der Waals surface area contributed by atoms with Crippen molar-refractivity contribution in [1.82, 2.24) is 9.55 Å². The van der Waals surface area contributed by atoms with E-state index in [9.17, 15) is 0 Å². The molecule has 2 aromatic rings. The van der Waals surface area contributed by atoms with Gasteiger partial charge in [-0.05, 0) is 55.4 Å². The number of aromatic nitrogens is 2. The summed E-state index contributed by atoms with van der Waals surface area (Å²) in [4.78, 5) is 3.26. The number of rotatable bonds is 1. The van der Waals surface area contributed by atoms with Gasteiger partial charge in [0.1, 0.15) is 0 Å². The van der Waals surface area contributed by atoms with Crippen molar-refractivity contribution >= 4 is 46.5 Å². The summed E-state index contributed by atoms with van der Waals surface area (Å²) in [5.41, 5.74) is 2.03. The summed E-state index contributed by atoms with van der Waals surface area (Å²) in [6.07, 6.45) is 3.68. The molecule has 1 aliphatic rings. The Morgan fingerprint density at radius 3 is 2.60 bits per heavy atom. The average molecular weight is 329 g/mol. The van der Waals surface area contributed by atoms with Gasteiger partial charge in [-0.25, -0.2) is 0 Å². The molecule has 0 radical (unpaired) electrons. The van der Waals surface area contributed by atoms with Crippen LogP contribution in [0.3, 0.4) is 0 Å². The molecule has 108 valence electrons. The summed E-state index contributed by atoms with van der Waals surface area (Å²) in [7, 11) is 0. The fraction of sp³-hybridized carbons (Fsp3) is 0.533. The molecule has 1 heterocycles. The Hall–Kier alpha value is -0.510. The molecule has 1 aromatic heterocycles. The molecule has 3 unspecified atom stereocenters. The number of nitrogens with one attached hydrogen (secondary N) is 1. The summed E-state index contributed by atoms with van der Waals surface area (Å²) in [6, 6.07) is 4.24. The molecule has 5 heteroatoms. The van der Waals surface area contributed by atoms with Gasteiger partial charge in [0.2, 0.25) is 0 Å². The van der Waals surface area contributed by atoms with Crippen molar-refractivity contribution in [3.8, 4) is 0 Å². The van der Waals surface area contributed by atoms with Crippen LogP contribution in [0.25, 0.3) is 11.0 Å². The van der Waals surface area contributed by atoms with Gasteiger partial charge >= 0.3 is 0 Å². The monoisotopic (exact) mass is 328 g/mol. The van der Waals surface area contributed by atoms with Crippen LogP contribution in [0.5, 0.6) is 0 Å². The Morgan fingerprint density at radius 1 is 1.20 bits per heavy atom. The van der Waals surface area contributed by atoms with Crippen LogP contribution < -0.4 is 0 Å². The van der Waals surface area contributed by atoms with Gasteiger partial charge in [-0.15, -0.1) is 0 Å². The zero-order chi connectivity index (χ0) is 14.4. The molecule has 20 heavy (non-hydrogen) atoms. The molecule has 0 bridgehead atoms. The number of nitrogens with zero attached hydrogens (tertiary/aromatic N) is 1. The first-order chi connectivity index (χ1) is 9.47. The zero-order valence-corrected chi connectivity index (χ0v) is 13.9. The lowest BCUT2D eigenvalue weighted by atomic mass is 9.79. The Kier molecular flexibility index (Phi) is 3.87. The van der Waals surface area contributed by atoms with Gasteiger partial charge in [0, 0.05) is 6.04 Å². The van der Waals surface area contributed by atoms with Crippen LogP contribution in [0, 0.1) is 16.6 Å². The van der Waals surface area contributed by atoms with Crippen molar-refractivity contribution in [1.29, 1.82) is 0 Å². The number of halogens is 2. The predicted octanol–water partition coefficient (Wildman–Crippen LogP) is 6.00. The van der Waals surface area contributed by atoms with Gasteiger partial charge < -0.3 is 9.55 Å². The molecule has 0 spiro atoms. The first kappa shape index (κ1) is 14.4. The molecule has 0 saturated heterocycles. The van der Waals surface area contributed by atoms with E-state index in [-0.39, 0.29) is 0 Å². The number of hydrogen-bond donors (Lipinski definition) is 1. The first-order valence-electron chi connectivity index (χ1n) is 7.06. The quantitative estimate of drug-likeness (QED) is 0.636. The SMILES string of the molecule is CC1CCC(n2c(=S)[nH]c3cc(Cl)c(Cl)cc32)C(C)C1. The molecule has 1 saturated carbocycles. The lowest BCUT2D eigenvalue weighted by Crippen LogP contribution is -2.24. The third kappa shape index (κ3) is 2.40. The zero-order valence-electron chi connectivity index (χ0n) is 11.6. The van der Waals surface area contributed by atoms with E-state index in [2.05, 4.69) is 23.4 Å². The molecule has 1 N–H and O–H groups in total. The summed E-state index contributed by atoms with van der Waals surface area (Å²) in [5.74, 6) is 1.43. The number of benzene rings is 1. The summed E-state index contributed by atoms with van der Waals surface area (Å²) in [6.45, 7) is 4.65. The Bertz CT molecular complexity index is 704. The lowest BCUT2D eigenvalue weighted by molar-refractivity contribution is 0.210. The fourth-order valence-corrected chi connectivity index (χ4v) is 4.15. The number of hydrogen-bond acceptors (Lipinski definition) is 1. The van der Waals surface area contributed by atoms with Crippen molar-refractivity contribution in [2.24, 2.45) is 11.8 Å². The highest BCUT2D eigenvalue weighted by atomic mass is 35.5. The molecule has 3 rings (SSSR count). The molecule has 2 nitrogen and oxygen atoms in total. The molecule has 0 amide bonds. The van der Waals surface area contributed by atoms with Crippen LogP contribution in [-0.2, 0) is 0 Å². The van der Waals surface area contributed by atoms with E-state index < -0.39 is 0 Å². The van der Waals surface area contributed by atoms with Crippen molar-refractivity contribution in [3.05, 3.63) is 26.9 Å². The molecular formula is C15H18Cl2N2S. The van der Waals surface area contributed by atoms with E-state index in [0.29, 0.717) is 22.0 Å². The average Bonchev–Trinajstić information content (AvgIpc) is 2.66. The maximum absolute atomic E-state index is 6.17. The van der Waals surface area contributed by atoms with E-state index in [1.54, 1.807) is 0 Å². The largest absolute Gasteiger partial charge is 0.331 e. The second kappa shape index (κ2) is 5.36. The van der Waals surface area contributed by atoms with Gasteiger partial charge in [-0.2, -0.15) is 0 Å². The maximum atomic E-state index is 6.17. The van der Waals surface area contributed by atoms with Gasteiger partial charge in [-0.3, -0.25) is 0 Å². The van der Waals surface area contributed by atoms with E-state index in [1.807, 2.05) is 12.1 Å². The smallest absolute Gasteiger partial charge is 0.178 e. The molecule has 1 aliphatic carbocycles. The van der Waals surface area contributed by atoms with Crippen LogP contribution in [0.15, 0.2) is 12.1 Å². The van der Waals surface area contributed by atoms with E-state index >= 15 is 0 Å². The number of imidazole rings is 1. The third-order valence-corrected chi connectivity index (χ3v) is 5.50. The molecule has 0 aliphatic heterocycles. The van der Waals surface area contributed by atoms with Crippen LogP contribution in [0.4, 0.5) is 0 Å². The van der Waals surface area contributed by atoms with Crippen LogP contribution in [0.1, 0.15) is 39.2 Å². The number of aromatic amines is 1. The van der Waals surface area contributed by atoms with Crippen LogP contribution in [-0.4, -0.2) is 9.55 Å². The Balaban J connectivity index is 2.13. The Morgan fingerprint density at radius 2 is 1.90 bits per heavy atom. The van der Waals surface area contributed by atoms with Gasteiger partial charge in [0.25, 0.3) is 0 Å². The topological polar surface area (TPSA) is 20.7 Å². The maximum Gasteiger partial charge on any atom is 0.178 e. The van der Waals surface area contributed by atoms with Crippen molar-refractivity contribution < 1.29 is 0 Å². The Labute approximate surface area is 134 Å². The predicted molar refractivity (Wildman–Crippen MR) is 88.4 cm³/mol. The first-order valence-corrected chi connectivity index (χ1v) is 8.23. The fourth-order valence-electron chi connectivity index (χ4n) is 3.48. The minimum Gasteiger partial charge on any atom is -0.331 e. The minimum absolute atomic E-state index is 0.449. The van der Waals surface area contributed by atoms with Crippen molar-refractivity contribution in [2.45, 2.75) is 39.2 Å². The highest BCUT2D eigenvalue weighted by Crippen LogP contribution is 2.39. The number of fused-ring (bicyclic) bond motifs is 1.